The fourth-order valence-electron chi connectivity index (χ4n) is 1.68. The van der Waals surface area contributed by atoms with Gasteiger partial charge >= 0.3 is 0 Å². The summed E-state index contributed by atoms with van der Waals surface area (Å²) in [5.41, 5.74) is 7.17. The van der Waals surface area contributed by atoms with Crippen LogP contribution in [0.2, 0.25) is 0 Å². The van der Waals surface area contributed by atoms with Crippen LogP contribution in [0.25, 0.3) is 0 Å². The molecule has 104 valence electrons. The van der Waals surface area contributed by atoms with Gasteiger partial charge in [0.05, 0.1) is 17.9 Å². The molecule has 0 atom stereocenters. The minimum atomic E-state index is -3.64. The molecule has 2 rings (SSSR count). The van der Waals surface area contributed by atoms with Crippen molar-refractivity contribution in [2.24, 2.45) is 5.73 Å². The van der Waals surface area contributed by atoms with E-state index in [0.29, 0.717) is 11.4 Å². The zero-order chi connectivity index (χ0) is 14.0. The van der Waals surface area contributed by atoms with Gasteiger partial charge in [-0.2, -0.15) is 5.10 Å². The number of rotatable bonds is 5. The summed E-state index contributed by atoms with van der Waals surface area (Å²) in [6, 6.07) is 0. The number of H-pyrrole nitrogens is 1. The average Bonchev–Trinajstić information content (AvgIpc) is 2.93. The molecule has 19 heavy (non-hydrogen) atoms. The van der Waals surface area contributed by atoms with Gasteiger partial charge in [0.15, 0.2) is 0 Å². The highest BCUT2D eigenvalue weighted by molar-refractivity contribution is 7.89. The lowest BCUT2D eigenvalue weighted by Crippen LogP contribution is -2.25. The van der Waals surface area contributed by atoms with Gasteiger partial charge in [-0.15, -0.1) is 11.3 Å². The van der Waals surface area contributed by atoms with Crippen LogP contribution in [0.5, 0.6) is 0 Å². The van der Waals surface area contributed by atoms with Gasteiger partial charge in [-0.25, -0.2) is 18.1 Å². The van der Waals surface area contributed by atoms with E-state index in [4.69, 9.17) is 5.73 Å². The second kappa shape index (κ2) is 5.37. The molecule has 2 heterocycles. The molecule has 4 N–H and O–H groups in total. The van der Waals surface area contributed by atoms with Crippen LogP contribution >= 0.6 is 11.3 Å². The first-order valence-electron chi connectivity index (χ1n) is 5.58. The van der Waals surface area contributed by atoms with E-state index in [2.05, 4.69) is 19.9 Å². The maximum Gasteiger partial charge on any atom is 0.244 e. The molecule has 0 aliphatic heterocycles. The first kappa shape index (κ1) is 14.1. The Kier molecular flexibility index (Phi) is 3.99. The number of nitrogens with one attached hydrogen (secondary N) is 2. The Hall–Kier alpha value is -1.29. The average molecular weight is 301 g/mol. The smallest absolute Gasteiger partial charge is 0.244 e. The van der Waals surface area contributed by atoms with Crippen molar-refractivity contribution >= 4 is 21.4 Å². The molecule has 7 nitrogen and oxygen atoms in total. The Morgan fingerprint density at radius 2 is 2.21 bits per heavy atom. The predicted octanol–water partition coefficient (Wildman–Crippen LogP) is 0.420. The topological polar surface area (TPSA) is 114 Å². The summed E-state index contributed by atoms with van der Waals surface area (Å²) < 4.78 is 27.0. The maximum atomic E-state index is 12.2. The minimum absolute atomic E-state index is 0.0664. The number of nitrogens with two attached hydrogens (primary N) is 1. The Morgan fingerprint density at radius 1 is 1.47 bits per heavy atom. The highest BCUT2D eigenvalue weighted by atomic mass is 32.2. The largest absolute Gasteiger partial charge is 0.325 e. The van der Waals surface area contributed by atoms with Crippen LogP contribution in [0.1, 0.15) is 22.1 Å². The van der Waals surface area contributed by atoms with Crippen molar-refractivity contribution in [3.63, 3.8) is 0 Å². The maximum absolute atomic E-state index is 12.2. The third-order valence-electron chi connectivity index (χ3n) is 2.50. The molecular weight excluding hydrogens is 286 g/mol. The highest BCUT2D eigenvalue weighted by Gasteiger charge is 2.23. The molecule has 0 radical (unpaired) electrons. The second-order valence-corrected chi connectivity index (χ2v) is 6.68. The molecule has 2 aromatic heterocycles. The molecule has 0 saturated carbocycles. The van der Waals surface area contributed by atoms with Crippen LogP contribution in [-0.4, -0.2) is 23.6 Å². The monoisotopic (exact) mass is 301 g/mol. The van der Waals surface area contributed by atoms with E-state index >= 15 is 0 Å². The standard InChI is InChI=1S/C10H15N5O2S2/c1-6-5-18-9(13-6)4-12-19(16,17)10-7(2)14-15-8(10)3-11/h5,12H,3-4,11H2,1-2H3,(H,14,15). The molecule has 0 aromatic carbocycles. The van der Waals surface area contributed by atoms with Gasteiger partial charge in [-0.3, -0.25) is 5.10 Å². The van der Waals surface area contributed by atoms with Crippen molar-refractivity contribution in [2.45, 2.75) is 31.8 Å². The van der Waals surface area contributed by atoms with Crippen LogP contribution in [-0.2, 0) is 23.1 Å². The molecular formula is C10H15N5O2S2. The molecule has 0 aliphatic carbocycles. The number of aromatic nitrogens is 3. The summed E-state index contributed by atoms with van der Waals surface area (Å²) >= 11 is 1.42. The van der Waals surface area contributed by atoms with Gasteiger partial charge < -0.3 is 5.73 Å². The van der Waals surface area contributed by atoms with E-state index in [9.17, 15) is 8.42 Å². The summed E-state index contributed by atoms with van der Waals surface area (Å²) in [5, 5.41) is 9.10. The summed E-state index contributed by atoms with van der Waals surface area (Å²) in [6.07, 6.45) is 0. The van der Waals surface area contributed by atoms with Crippen LogP contribution < -0.4 is 10.5 Å². The molecule has 0 unspecified atom stereocenters. The first-order chi connectivity index (χ1) is 8.94. The van der Waals surface area contributed by atoms with E-state index in [1.165, 1.54) is 11.3 Å². The summed E-state index contributed by atoms with van der Waals surface area (Å²) in [4.78, 5) is 4.33. The second-order valence-electron chi connectivity index (χ2n) is 4.04. The van der Waals surface area contributed by atoms with Crippen molar-refractivity contribution in [1.82, 2.24) is 19.9 Å². The Bertz CT molecular complexity index is 674. The minimum Gasteiger partial charge on any atom is -0.325 e. The summed E-state index contributed by atoms with van der Waals surface area (Å²) in [5.74, 6) is 0. The summed E-state index contributed by atoms with van der Waals surface area (Å²) in [6.45, 7) is 3.74. The number of sulfonamides is 1. The molecule has 0 spiro atoms. The number of hydrogen-bond acceptors (Lipinski definition) is 6. The highest BCUT2D eigenvalue weighted by Crippen LogP contribution is 2.17. The van der Waals surface area contributed by atoms with Crippen LogP contribution in [0.3, 0.4) is 0 Å². The fraction of sp³-hybridized carbons (Fsp3) is 0.400. The first-order valence-corrected chi connectivity index (χ1v) is 7.95. The van der Waals surface area contributed by atoms with Crippen molar-refractivity contribution in [1.29, 1.82) is 0 Å². The quantitative estimate of drug-likeness (QED) is 0.740. The van der Waals surface area contributed by atoms with Gasteiger partial charge in [0.1, 0.15) is 9.90 Å². The third kappa shape index (κ3) is 3.00. The molecule has 0 aliphatic rings. The predicted molar refractivity (Wildman–Crippen MR) is 72.1 cm³/mol. The van der Waals surface area contributed by atoms with Gasteiger partial charge in [0, 0.05) is 17.6 Å². The van der Waals surface area contributed by atoms with Crippen LogP contribution in [0.4, 0.5) is 0 Å². The van der Waals surface area contributed by atoms with Crippen molar-refractivity contribution < 1.29 is 8.42 Å². The van der Waals surface area contributed by atoms with E-state index in [0.717, 1.165) is 10.7 Å². The lowest BCUT2D eigenvalue weighted by molar-refractivity contribution is 0.579. The molecule has 0 fully saturated rings. The lowest BCUT2D eigenvalue weighted by atomic mass is 10.4. The molecule has 0 saturated heterocycles. The summed E-state index contributed by atoms with van der Waals surface area (Å²) in [7, 11) is -3.64. The third-order valence-corrected chi connectivity index (χ3v) is 5.07. The van der Waals surface area contributed by atoms with Gasteiger partial charge in [0.25, 0.3) is 0 Å². The number of thiazole rings is 1. The number of hydrogen-bond donors (Lipinski definition) is 3. The van der Waals surface area contributed by atoms with Crippen molar-refractivity contribution in [2.75, 3.05) is 0 Å². The van der Waals surface area contributed by atoms with Crippen LogP contribution in [0, 0.1) is 13.8 Å². The molecule has 0 amide bonds. The molecule has 9 heteroatoms. The van der Waals surface area contributed by atoms with E-state index in [1.807, 2.05) is 12.3 Å². The SMILES string of the molecule is Cc1csc(CNS(=O)(=O)c2c(CN)n[nH]c2C)n1. The normalized spacial score (nSPS) is 11.9. The van der Waals surface area contributed by atoms with Gasteiger partial charge in [0.2, 0.25) is 10.0 Å². The Balaban J connectivity index is 2.20. The number of nitrogens with zero attached hydrogens (tertiary/aromatic N) is 2. The zero-order valence-corrected chi connectivity index (χ0v) is 12.2. The van der Waals surface area contributed by atoms with Crippen LogP contribution in [0.15, 0.2) is 10.3 Å². The lowest BCUT2D eigenvalue weighted by Gasteiger charge is -2.05. The van der Waals surface area contributed by atoms with Gasteiger partial charge in [-0.1, -0.05) is 0 Å². The number of aromatic amines is 1. The zero-order valence-electron chi connectivity index (χ0n) is 10.6. The fourth-order valence-corrected chi connectivity index (χ4v) is 3.84. The van der Waals surface area contributed by atoms with Gasteiger partial charge in [-0.05, 0) is 13.8 Å². The molecule has 2 aromatic rings. The van der Waals surface area contributed by atoms with E-state index in [1.54, 1.807) is 6.92 Å². The van der Waals surface area contributed by atoms with Crippen molar-refractivity contribution in [3.8, 4) is 0 Å². The van der Waals surface area contributed by atoms with E-state index in [-0.39, 0.29) is 18.0 Å². The van der Waals surface area contributed by atoms with Crippen molar-refractivity contribution in [3.05, 3.63) is 27.5 Å². The number of aryl methyl sites for hydroxylation is 2. The Labute approximate surface area is 115 Å². The molecule has 0 bridgehead atoms. The van der Waals surface area contributed by atoms with E-state index < -0.39 is 10.0 Å². The Morgan fingerprint density at radius 3 is 2.79 bits per heavy atom.